The maximum absolute atomic E-state index is 11.5. The van der Waals surface area contributed by atoms with Crippen LogP contribution in [0.3, 0.4) is 0 Å². The van der Waals surface area contributed by atoms with Crippen LogP contribution in [0.2, 0.25) is 5.02 Å². The molecule has 0 fully saturated rings. The molecule has 3 rings (SSSR count). The Balaban J connectivity index is 1.62. The molecule has 0 aliphatic rings. The number of hydrogen-bond acceptors (Lipinski definition) is 8. The lowest BCUT2D eigenvalue weighted by molar-refractivity contribution is -0.142. The van der Waals surface area contributed by atoms with E-state index >= 15 is 0 Å². The van der Waals surface area contributed by atoms with Gasteiger partial charge in [-0.2, -0.15) is 5.10 Å². The summed E-state index contributed by atoms with van der Waals surface area (Å²) < 4.78 is 17.1. The fourth-order valence-corrected chi connectivity index (χ4v) is 4.09. The quantitative estimate of drug-likeness (QED) is 0.203. The third kappa shape index (κ3) is 6.94. The molecule has 0 radical (unpaired) electrons. The molecule has 1 heterocycles. The summed E-state index contributed by atoms with van der Waals surface area (Å²) in [7, 11) is 1.61. The van der Waals surface area contributed by atoms with Crippen molar-refractivity contribution in [3.63, 3.8) is 0 Å². The minimum Gasteiger partial charge on any atom is -0.496 e. The maximum Gasteiger partial charge on any atom is 0.311 e. The van der Waals surface area contributed by atoms with Crippen LogP contribution in [0.1, 0.15) is 23.7 Å². The summed E-state index contributed by atoms with van der Waals surface area (Å²) in [5.41, 5.74) is 5.22. The summed E-state index contributed by atoms with van der Waals surface area (Å²) in [5.74, 6) is 0.984. The standard InChI is InChI=1S/C22H21BrClN3O4S/c1-3-30-21(28)10-17-13-32-22(26-17)27-25-11-14-4-6-19(29-2)15(8-14)12-31-20-7-5-16(23)9-18(20)24/h4-9,11,13H,3,10,12H2,1-2H3,(H,26,27). The molecule has 3 aromatic rings. The van der Waals surface area contributed by atoms with Crippen molar-refractivity contribution < 1.29 is 19.0 Å². The number of nitrogens with zero attached hydrogens (tertiary/aromatic N) is 2. The molecule has 10 heteroatoms. The Kier molecular flexibility index (Phi) is 8.90. The lowest BCUT2D eigenvalue weighted by Gasteiger charge is -2.12. The first-order valence-electron chi connectivity index (χ1n) is 9.62. The summed E-state index contributed by atoms with van der Waals surface area (Å²) in [5, 5.41) is 7.13. The van der Waals surface area contributed by atoms with Gasteiger partial charge in [0.25, 0.3) is 0 Å². The van der Waals surface area contributed by atoms with Crippen molar-refractivity contribution in [3.05, 3.63) is 68.1 Å². The highest BCUT2D eigenvalue weighted by molar-refractivity contribution is 9.10. The molecule has 2 aromatic carbocycles. The molecule has 7 nitrogen and oxygen atoms in total. The van der Waals surface area contributed by atoms with Gasteiger partial charge in [-0.05, 0) is 48.9 Å². The number of hydrazone groups is 1. The topological polar surface area (TPSA) is 82.0 Å². The largest absolute Gasteiger partial charge is 0.496 e. The first kappa shape index (κ1) is 24.0. The lowest BCUT2D eigenvalue weighted by Crippen LogP contribution is -2.07. The smallest absolute Gasteiger partial charge is 0.311 e. The number of thiazole rings is 1. The van der Waals surface area contributed by atoms with Gasteiger partial charge in [0, 0.05) is 15.4 Å². The van der Waals surface area contributed by atoms with E-state index in [1.807, 2.05) is 24.3 Å². The Morgan fingerprint density at radius 3 is 2.84 bits per heavy atom. The molecule has 0 saturated heterocycles. The number of esters is 1. The SMILES string of the molecule is CCOC(=O)Cc1csc(NN=Cc2ccc(OC)c(COc3ccc(Br)cc3Cl)c2)n1. The highest BCUT2D eigenvalue weighted by Crippen LogP contribution is 2.29. The molecule has 0 amide bonds. The third-order valence-corrected chi connectivity index (χ3v) is 5.72. The zero-order valence-corrected chi connectivity index (χ0v) is 20.6. The van der Waals surface area contributed by atoms with E-state index in [1.165, 1.54) is 11.3 Å². The zero-order valence-electron chi connectivity index (χ0n) is 17.4. The highest BCUT2D eigenvalue weighted by atomic mass is 79.9. The van der Waals surface area contributed by atoms with Crippen molar-refractivity contribution in [2.45, 2.75) is 20.0 Å². The Labute approximate surface area is 203 Å². The predicted molar refractivity (Wildman–Crippen MR) is 130 cm³/mol. The number of methoxy groups -OCH3 is 1. The van der Waals surface area contributed by atoms with Crippen LogP contribution >= 0.6 is 38.9 Å². The van der Waals surface area contributed by atoms with Crippen LogP contribution in [-0.2, 0) is 22.6 Å². The monoisotopic (exact) mass is 537 g/mol. The fraction of sp³-hybridized carbons (Fsp3) is 0.227. The molecule has 0 aliphatic heterocycles. The average Bonchev–Trinajstić information content (AvgIpc) is 3.20. The first-order chi connectivity index (χ1) is 15.5. The van der Waals surface area contributed by atoms with Crippen LogP contribution < -0.4 is 14.9 Å². The molecule has 0 aliphatic carbocycles. The molecular formula is C22H21BrClN3O4S. The predicted octanol–water partition coefficient (Wildman–Crippen LogP) is 5.70. The number of rotatable bonds is 10. The number of aromatic nitrogens is 1. The van der Waals surface area contributed by atoms with E-state index in [9.17, 15) is 4.79 Å². The van der Waals surface area contributed by atoms with E-state index in [0.29, 0.717) is 34.0 Å². The van der Waals surface area contributed by atoms with Crippen LogP contribution in [-0.4, -0.2) is 30.9 Å². The number of ether oxygens (including phenoxy) is 3. The molecule has 0 saturated carbocycles. The molecule has 1 N–H and O–H groups in total. The van der Waals surface area contributed by atoms with Gasteiger partial charge in [0.15, 0.2) is 0 Å². The number of carbonyl (C=O) groups is 1. The summed E-state index contributed by atoms with van der Waals surface area (Å²) in [4.78, 5) is 15.9. The number of nitrogens with one attached hydrogen (secondary N) is 1. The molecule has 0 atom stereocenters. The second-order valence-electron chi connectivity index (χ2n) is 6.43. The van der Waals surface area contributed by atoms with E-state index in [2.05, 4.69) is 31.4 Å². The average molecular weight is 539 g/mol. The number of benzene rings is 2. The number of carbonyl (C=O) groups excluding carboxylic acids is 1. The zero-order chi connectivity index (χ0) is 22.9. The van der Waals surface area contributed by atoms with Crippen molar-refractivity contribution in [3.8, 4) is 11.5 Å². The molecule has 1 aromatic heterocycles. The van der Waals surface area contributed by atoms with Gasteiger partial charge in [-0.1, -0.05) is 27.5 Å². The normalized spacial score (nSPS) is 10.9. The van der Waals surface area contributed by atoms with Gasteiger partial charge in [0.2, 0.25) is 5.13 Å². The van der Waals surface area contributed by atoms with Crippen LogP contribution in [0.25, 0.3) is 0 Å². The van der Waals surface area contributed by atoms with Crippen LogP contribution in [0, 0.1) is 0 Å². The van der Waals surface area contributed by atoms with Gasteiger partial charge in [-0.25, -0.2) is 4.98 Å². The minimum absolute atomic E-state index is 0.139. The van der Waals surface area contributed by atoms with E-state index in [1.54, 1.807) is 37.8 Å². The molecule has 32 heavy (non-hydrogen) atoms. The summed E-state index contributed by atoms with van der Waals surface area (Å²) in [6.45, 7) is 2.40. The van der Waals surface area contributed by atoms with Crippen molar-refractivity contribution in [2.24, 2.45) is 5.10 Å². The van der Waals surface area contributed by atoms with Crippen molar-refractivity contribution >= 4 is 56.2 Å². The molecular weight excluding hydrogens is 518 g/mol. The third-order valence-electron chi connectivity index (χ3n) is 4.14. The molecule has 0 bridgehead atoms. The van der Waals surface area contributed by atoms with Gasteiger partial charge in [-0.15, -0.1) is 11.3 Å². The molecule has 0 spiro atoms. The van der Waals surface area contributed by atoms with Crippen LogP contribution in [0.4, 0.5) is 5.13 Å². The number of hydrogen-bond donors (Lipinski definition) is 1. The van der Waals surface area contributed by atoms with E-state index < -0.39 is 0 Å². The first-order valence-corrected chi connectivity index (χ1v) is 11.7. The van der Waals surface area contributed by atoms with Crippen molar-refractivity contribution in [2.75, 3.05) is 19.1 Å². The van der Waals surface area contributed by atoms with Gasteiger partial charge in [0.05, 0.1) is 37.1 Å². The van der Waals surface area contributed by atoms with E-state index in [0.717, 1.165) is 15.6 Å². The summed E-state index contributed by atoms with van der Waals surface area (Å²) >= 11 is 11.0. The molecule has 168 valence electrons. The summed E-state index contributed by atoms with van der Waals surface area (Å²) in [6, 6.07) is 11.1. The van der Waals surface area contributed by atoms with E-state index in [4.69, 9.17) is 25.8 Å². The second kappa shape index (κ2) is 11.8. The van der Waals surface area contributed by atoms with Crippen molar-refractivity contribution in [1.82, 2.24) is 4.98 Å². The number of anilines is 1. The maximum atomic E-state index is 11.5. The Morgan fingerprint density at radius 2 is 2.09 bits per heavy atom. The molecule has 0 unspecified atom stereocenters. The van der Waals surface area contributed by atoms with Crippen molar-refractivity contribution in [1.29, 1.82) is 0 Å². The van der Waals surface area contributed by atoms with Crippen LogP contribution in [0.15, 0.2) is 51.4 Å². The van der Waals surface area contributed by atoms with Gasteiger partial charge in [0.1, 0.15) is 18.1 Å². The lowest BCUT2D eigenvalue weighted by atomic mass is 10.1. The van der Waals surface area contributed by atoms with Crippen LogP contribution in [0.5, 0.6) is 11.5 Å². The number of halogens is 2. The highest BCUT2D eigenvalue weighted by Gasteiger charge is 2.09. The second-order valence-corrected chi connectivity index (χ2v) is 8.61. The fourth-order valence-electron chi connectivity index (χ4n) is 2.70. The van der Waals surface area contributed by atoms with E-state index in [-0.39, 0.29) is 19.0 Å². The van der Waals surface area contributed by atoms with Gasteiger partial charge >= 0.3 is 5.97 Å². The Hall–Kier alpha value is -2.62. The minimum atomic E-state index is -0.301. The van der Waals surface area contributed by atoms with Gasteiger partial charge < -0.3 is 14.2 Å². The van der Waals surface area contributed by atoms with Gasteiger partial charge in [-0.3, -0.25) is 10.2 Å². The Bertz CT molecular complexity index is 1110. The summed E-state index contributed by atoms with van der Waals surface area (Å²) in [6.07, 6.45) is 1.81. The Morgan fingerprint density at radius 1 is 1.28 bits per heavy atom.